The zero-order chi connectivity index (χ0) is 13.0. The molecule has 0 aromatic carbocycles. The monoisotopic (exact) mass is 245 g/mol. The number of aromatic carboxylic acids is 1. The Morgan fingerprint density at radius 1 is 1.39 bits per heavy atom. The molecule has 2 heterocycles. The summed E-state index contributed by atoms with van der Waals surface area (Å²) in [6.45, 7) is 0. The number of rotatable bonds is 4. The van der Waals surface area contributed by atoms with E-state index in [9.17, 15) is 9.59 Å². The third kappa shape index (κ3) is 2.94. The number of hydrogen-bond acceptors (Lipinski definition) is 3. The van der Waals surface area contributed by atoms with Gasteiger partial charge in [-0.25, -0.2) is 9.78 Å². The van der Waals surface area contributed by atoms with E-state index in [-0.39, 0.29) is 23.7 Å². The van der Waals surface area contributed by atoms with Crippen LogP contribution in [0.15, 0.2) is 36.8 Å². The molecule has 18 heavy (non-hydrogen) atoms. The van der Waals surface area contributed by atoms with Gasteiger partial charge in [-0.2, -0.15) is 0 Å². The van der Waals surface area contributed by atoms with Crippen LogP contribution in [0.2, 0.25) is 0 Å². The molecule has 0 unspecified atom stereocenters. The van der Waals surface area contributed by atoms with Crippen molar-refractivity contribution in [1.82, 2.24) is 9.97 Å². The van der Waals surface area contributed by atoms with Gasteiger partial charge in [-0.05, 0) is 23.8 Å². The fourth-order valence-electron chi connectivity index (χ4n) is 1.47. The summed E-state index contributed by atoms with van der Waals surface area (Å²) in [5.74, 6) is -1.07. The van der Waals surface area contributed by atoms with E-state index < -0.39 is 5.97 Å². The van der Waals surface area contributed by atoms with Crippen molar-refractivity contribution in [2.45, 2.75) is 6.42 Å². The molecule has 2 aromatic rings. The number of aromatic nitrogens is 2. The average Bonchev–Trinajstić information content (AvgIpc) is 2.82. The number of carboxylic acid groups (broad SMARTS) is 1. The van der Waals surface area contributed by atoms with Crippen molar-refractivity contribution in [2.24, 2.45) is 0 Å². The maximum absolute atomic E-state index is 11.6. The van der Waals surface area contributed by atoms with Gasteiger partial charge in [0, 0.05) is 18.6 Å². The number of H-pyrrole nitrogens is 1. The maximum Gasteiger partial charge on any atom is 0.335 e. The average molecular weight is 245 g/mol. The van der Waals surface area contributed by atoms with E-state index in [0.29, 0.717) is 0 Å². The third-order valence-corrected chi connectivity index (χ3v) is 2.30. The molecule has 0 aliphatic carbocycles. The van der Waals surface area contributed by atoms with Gasteiger partial charge < -0.3 is 15.4 Å². The van der Waals surface area contributed by atoms with Gasteiger partial charge in [-0.1, -0.05) is 0 Å². The fraction of sp³-hybridized carbons (Fsp3) is 0.0833. The Balaban J connectivity index is 2.03. The maximum atomic E-state index is 11.6. The van der Waals surface area contributed by atoms with Gasteiger partial charge in [0.15, 0.2) is 0 Å². The molecule has 0 bridgehead atoms. The first-order valence-corrected chi connectivity index (χ1v) is 5.26. The van der Waals surface area contributed by atoms with E-state index in [1.807, 2.05) is 0 Å². The zero-order valence-electron chi connectivity index (χ0n) is 9.38. The van der Waals surface area contributed by atoms with Crippen LogP contribution in [0.25, 0.3) is 0 Å². The number of carboxylic acids is 1. The second-order valence-electron chi connectivity index (χ2n) is 3.68. The van der Waals surface area contributed by atoms with Crippen molar-refractivity contribution >= 4 is 17.7 Å². The molecular formula is C12H11N3O3. The van der Waals surface area contributed by atoms with Crippen molar-refractivity contribution in [3.8, 4) is 0 Å². The summed E-state index contributed by atoms with van der Waals surface area (Å²) >= 11 is 0. The summed E-state index contributed by atoms with van der Waals surface area (Å²) in [5, 5.41) is 11.4. The van der Waals surface area contributed by atoms with Crippen molar-refractivity contribution in [1.29, 1.82) is 0 Å². The number of nitrogens with one attached hydrogen (secondary N) is 2. The zero-order valence-corrected chi connectivity index (χ0v) is 9.38. The highest BCUT2D eigenvalue weighted by Crippen LogP contribution is 2.08. The minimum atomic E-state index is -1.06. The van der Waals surface area contributed by atoms with Crippen LogP contribution in [0.5, 0.6) is 0 Å². The Morgan fingerprint density at radius 2 is 2.22 bits per heavy atom. The van der Waals surface area contributed by atoms with Crippen LogP contribution >= 0.6 is 0 Å². The molecule has 2 aromatic heterocycles. The normalized spacial score (nSPS) is 10.0. The number of pyridine rings is 1. The molecule has 0 aliphatic heterocycles. The topological polar surface area (TPSA) is 95.1 Å². The molecule has 0 saturated carbocycles. The fourth-order valence-corrected chi connectivity index (χ4v) is 1.47. The van der Waals surface area contributed by atoms with Crippen molar-refractivity contribution in [3.63, 3.8) is 0 Å². The van der Waals surface area contributed by atoms with Gasteiger partial charge >= 0.3 is 5.97 Å². The lowest BCUT2D eigenvalue weighted by molar-refractivity contribution is -0.115. The van der Waals surface area contributed by atoms with E-state index in [4.69, 9.17) is 5.11 Å². The number of hydrogen-bond donors (Lipinski definition) is 3. The summed E-state index contributed by atoms with van der Waals surface area (Å²) in [5.41, 5.74) is 0.934. The van der Waals surface area contributed by atoms with Gasteiger partial charge in [-0.3, -0.25) is 4.79 Å². The largest absolute Gasteiger partial charge is 0.478 e. The number of anilines is 1. The number of aromatic amines is 1. The predicted octanol–water partition coefficient (Wildman–Crippen LogP) is 1.29. The lowest BCUT2D eigenvalue weighted by Gasteiger charge is -2.04. The highest BCUT2D eigenvalue weighted by Gasteiger charge is 2.08. The highest BCUT2D eigenvalue weighted by molar-refractivity contribution is 5.93. The van der Waals surface area contributed by atoms with Gasteiger partial charge in [-0.15, -0.1) is 0 Å². The molecule has 92 valence electrons. The smallest absolute Gasteiger partial charge is 0.335 e. The van der Waals surface area contributed by atoms with Crippen molar-refractivity contribution < 1.29 is 14.7 Å². The first-order valence-electron chi connectivity index (χ1n) is 5.26. The second kappa shape index (κ2) is 5.13. The van der Waals surface area contributed by atoms with Crippen LogP contribution < -0.4 is 5.32 Å². The lowest BCUT2D eigenvalue weighted by Crippen LogP contribution is -2.15. The molecule has 0 fully saturated rings. The van der Waals surface area contributed by atoms with Crippen molar-refractivity contribution in [3.05, 3.63) is 47.9 Å². The summed E-state index contributed by atoms with van der Waals surface area (Å²) in [6.07, 6.45) is 5.00. The number of nitrogens with zero attached hydrogens (tertiary/aromatic N) is 1. The molecule has 0 atom stereocenters. The van der Waals surface area contributed by atoms with Crippen LogP contribution in [-0.2, 0) is 11.2 Å². The second-order valence-corrected chi connectivity index (χ2v) is 3.68. The number of amides is 1. The van der Waals surface area contributed by atoms with E-state index in [2.05, 4.69) is 15.3 Å². The Labute approximate surface area is 103 Å². The Morgan fingerprint density at radius 3 is 2.89 bits per heavy atom. The van der Waals surface area contributed by atoms with Crippen LogP contribution in [0, 0.1) is 0 Å². The summed E-state index contributed by atoms with van der Waals surface area (Å²) in [4.78, 5) is 29.1. The molecule has 6 heteroatoms. The van der Waals surface area contributed by atoms with Gasteiger partial charge in [0.2, 0.25) is 5.91 Å². The Bertz CT molecular complexity index is 564. The molecular weight excluding hydrogens is 234 g/mol. The standard InChI is InChI=1S/C12H11N3O3/c16-11(5-8-1-3-13-7-8)15-10-6-9(12(17)18)2-4-14-10/h1-4,6-7,13H,5H2,(H,17,18)(H,14,15,16). The molecule has 0 saturated heterocycles. The molecule has 6 nitrogen and oxygen atoms in total. The van der Waals surface area contributed by atoms with E-state index in [1.54, 1.807) is 18.5 Å². The van der Waals surface area contributed by atoms with Crippen LogP contribution in [0.3, 0.4) is 0 Å². The van der Waals surface area contributed by atoms with E-state index >= 15 is 0 Å². The predicted molar refractivity (Wildman–Crippen MR) is 64.3 cm³/mol. The summed E-state index contributed by atoms with van der Waals surface area (Å²) < 4.78 is 0. The lowest BCUT2D eigenvalue weighted by atomic mass is 10.2. The number of carbonyl (C=O) groups excluding carboxylic acids is 1. The first kappa shape index (κ1) is 11.8. The van der Waals surface area contributed by atoms with Crippen LogP contribution in [0.1, 0.15) is 15.9 Å². The van der Waals surface area contributed by atoms with Gasteiger partial charge in [0.1, 0.15) is 5.82 Å². The molecule has 1 amide bonds. The van der Waals surface area contributed by atoms with Crippen LogP contribution in [-0.4, -0.2) is 27.0 Å². The quantitative estimate of drug-likeness (QED) is 0.756. The Kier molecular flexibility index (Phi) is 3.38. The minimum absolute atomic E-state index is 0.0851. The summed E-state index contributed by atoms with van der Waals surface area (Å²) in [6, 6.07) is 4.47. The molecule has 0 spiro atoms. The van der Waals surface area contributed by atoms with Crippen LogP contribution in [0.4, 0.5) is 5.82 Å². The highest BCUT2D eigenvalue weighted by atomic mass is 16.4. The SMILES string of the molecule is O=C(Cc1cc[nH]c1)Nc1cc(C(=O)O)ccn1. The first-order chi connectivity index (χ1) is 8.65. The minimum Gasteiger partial charge on any atom is -0.478 e. The van der Waals surface area contributed by atoms with Gasteiger partial charge in [0.05, 0.1) is 12.0 Å². The third-order valence-electron chi connectivity index (χ3n) is 2.30. The summed E-state index contributed by atoms with van der Waals surface area (Å²) in [7, 11) is 0. The molecule has 0 aliphatic rings. The van der Waals surface area contributed by atoms with E-state index in [0.717, 1.165) is 5.56 Å². The van der Waals surface area contributed by atoms with Crippen molar-refractivity contribution in [2.75, 3.05) is 5.32 Å². The van der Waals surface area contributed by atoms with E-state index in [1.165, 1.54) is 18.3 Å². The van der Waals surface area contributed by atoms with Gasteiger partial charge in [0.25, 0.3) is 0 Å². The molecule has 3 N–H and O–H groups in total. The molecule has 0 radical (unpaired) electrons. The molecule has 2 rings (SSSR count). The Hall–Kier alpha value is -2.63. The number of carbonyl (C=O) groups is 2.